The molecule has 0 heterocycles. The Kier molecular flexibility index (Phi) is 5.54. The largest absolute Gasteiger partial charge is 0.398 e. The van der Waals surface area contributed by atoms with E-state index >= 15 is 0 Å². The summed E-state index contributed by atoms with van der Waals surface area (Å²) in [5.74, 6) is -0.222. The number of ether oxygens (including phenoxy) is 1. The number of benzene rings is 1. The van der Waals surface area contributed by atoms with E-state index in [9.17, 15) is 8.42 Å². The quantitative estimate of drug-likeness (QED) is 0.592. The minimum absolute atomic E-state index is 0.111. The number of hydrogen-bond acceptors (Lipinski definition) is 5. The van der Waals surface area contributed by atoms with Gasteiger partial charge in [0.25, 0.3) is 0 Å². The van der Waals surface area contributed by atoms with Gasteiger partial charge in [-0.3, -0.25) is 0 Å². The molecule has 6 nitrogen and oxygen atoms in total. The lowest BCUT2D eigenvalue weighted by atomic mass is 10.2. The van der Waals surface area contributed by atoms with Crippen molar-refractivity contribution in [1.29, 1.82) is 0 Å². The zero-order valence-electron chi connectivity index (χ0n) is 10.2. The molecule has 1 atom stereocenters. The molecule has 0 bridgehead atoms. The molecular weight excluding hydrogens is 256 g/mol. The Hall–Kier alpha value is -1.15. The monoisotopic (exact) mass is 274 g/mol. The highest BCUT2D eigenvalue weighted by molar-refractivity contribution is 7.88. The number of sulfonamides is 1. The van der Waals surface area contributed by atoms with Crippen molar-refractivity contribution in [3.8, 4) is 0 Å². The Labute approximate surface area is 107 Å². The van der Waals surface area contributed by atoms with E-state index in [0.29, 0.717) is 11.3 Å². The molecule has 1 unspecified atom stereocenters. The molecule has 0 saturated carbocycles. The molecule has 0 spiro atoms. The lowest BCUT2D eigenvalue weighted by Crippen LogP contribution is -2.41. The maximum absolute atomic E-state index is 11.9. The van der Waals surface area contributed by atoms with E-state index < -0.39 is 16.1 Å². The molecular formula is C11H18N2O4S. The van der Waals surface area contributed by atoms with Gasteiger partial charge in [0.1, 0.15) is 0 Å². The predicted molar refractivity (Wildman–Crippen MR) is 69.4 cm³/mol. The molecule has 4 N–H and O–H groups in total. The van der Waals surface area contributed by atoms with Gasteiger partial charge < -0.3 is 15.6 Å². The van der Waals surface area contributed by atoms with Crippen molar-refractivity contribution in [2.75, 3.05) is 26.1 Å². The number of methoxy groups -OCH3 is 1. The third-order valence-electron chi connectivity index (χ3n) is 2.34. The lowest BCUT2D eigenvalue weighted by Gasteiger charge is -2.15. The molecule has 1 aromatic rings. The molecule has 0 aliphatic heterocycles. The van der Waals surface area contributed by atoms with Crippen LogP contribution in [0.5, 0.6) is 0 Å². The van der Waals surface area contributed by atoms with Crippen LogP contribution in [0.25, 0.3) is 0 Å². The SMILES string of the molecule is COCC(CO)NS(=O)(=O)Cc1ccccc1N. The van der Waals surface area contributed by atoms with Crippen molar-refractivity contribution in [3.05, 3.63) is 29.8 Å². The van der Waals surface area contributed by atoms with E-state index in [-0.39, 0.29) is 19.0 Å². The smallest absolute Gasteiger partial charge is 0.216 e. The molecule has 0 saturated heterocycles. The highest BCUT2D eigenvalue weighted by Gasteiger charge is 2.18. The first-order chi connectivity index (χ1) is 8.48. The maximum Gasteiger partial charge on any atom is 0.216 e. The molecule has 18 heavy (non-hydrogen) atoms. The number of hydrogen-bond donors (Lipinski definition) is 3. The molecule has 0 radical (unpaired) electrons. The highest BCUT2D eigenvalue weighted by Crippen LogP contribution is 2.13. The van der Waals surface area contributed by atoms with E-state index in [1.54, 1.807) is 24.3 Å². The second-order valence-corrected chi connectivity index (χ2v) is 5.66. The minimum Gasteiger partial charge on any atom is -0.398 e. The van der Waals surface area contributed by atoms with E-state index in [1.165, 1.54) is 7.11 Å². The van der Waals surface area contributed by atoms with E-state index in [4.69, 9.17) is 15.6 Å². The van der Waals surface area contributed by atoms with Crippen molar-refractivity contribution in [2.24, 2.45) is 0 Å². The molecule has 1 aromatic carbocycles. The number of anilines is 1. The zero-order valence-corrected chi connectivity index (χ0v) is 11.0. The van der Waals surface area contributed by atoms with Gasteiger partial charge in [0.15, 0.2) is 0 Å². The van der Waals surface area contributed by atoms with Crippen LogP contribution in [-0.2, 0) is 20.5 Å². The van der Waals surface area contributed by atoms with Crippen molar-refractivity contribution < 1.29 is 18.3 Å². The Morgan fingerprint density at radius 1 is 1.44 bits per heavy atom. The zero-order chi connectivity index (χ0) is 13.6. The minimum atomic E-state index is -3.56. The van der Waals surface area contributed by atoms with Gasteiger partial charge in [0, 0.05) is 12.8 Å². The van der Waals surface area contributed by atoms with E-state index in [0.717, 1.165) is 0 Å². The van der Waals surface area contributed by atoms with Crippen LogP contribution in [0.1, 0.15) is 5.56 Å². The number of para-hydroxylation sites is 1. The summed E-state index contributed by atoms with van der Waals surface area (Å²) in [7, 11) is -2.12. The van der Waals surface area contributed by atoms with Crippen LogP contribution in [0.15, 0.2) is 24.3 Å². The van der Waals surface area contributed by atoms with Crippen LogP contribution in [0.4, 0.5) is 5.69 Å². The Balaban J connectivity index is 2.73. The highest BCUT2D eigenvalue weighted by atomic mass is 32.2. The van der Waals surface area contributed by atoms with Crippen LogP contribution in [-0.4, -0.2) is 39.9 Å². The molecule has 0 aliphatic rings. The number of nitrogens with two attached hydrogens (primary N) is 1. The molecule has 1 rings (SSSR count). The number of nitrogens with one attached hydrogen (secondary N) is 1. The second kappa shape index (κ2) is 6.69. The predicted octanol–water partition coefficient (Wildman–Crippen LogP) is -0.304. The van der Waals surface area contributed by atoms with Crippen LogP contribution < -0.4 is 10.5 Å². The first-order valence-electron chi connectivity index (χ1n) is 5.41. The fourth-order valence-corrected chi connectivity index (χ4v) is 2.90. The normalized spacial score (nSPS) is 13.4. The second-order valence-electron chi connectivity index (χ2n) is 3.91. The van der Waals surface area contributed by atoms with Gasteiger partial charge in [0.2, 0.25) is 10.0 Å². The number of nitrogen functional groups attached to an aromatic ring is 1. The number of aliphatic hydroxyl groups excluding tert-OH is 1. The summed E-state index contributed by atoms with van der Waals surface area (Å²) < 4.78 is 30.9. The van der Waals surface area contributed by atoms with Crippen LogP contribution in [0.2, 0.25) is 0 Å². The molecule has 0 amide bonds. The van der Waals surface area contributed by atoms with Crippen molar-refractivity contribution >= 4 is 15.7 Å². The third kappa shape index (κ3) is 4.61. The number of rotatable bonds is 7. The first kappa shape index (κ1) is 14.9. The van der Waals surface area contributed by atoms with Gasteiger partial charge in [-0.05, 0) is 11.6 Å². The fourth-order valence-electron chi connectivity index (χ4n) is 1.49. The Morgan fingerprint density at radius 2 is 2.11 bits per heavy atom. The fraction of sp³-hybridized carbons (Fsp3) is 0.455. The van der Waals surface area contributed by atoms with Gasteiger partial charge >= 0.3 is 0 Å². The van der Waals surface area contributed by atoms with Gasteiger partial charge in [-0.15, -0.1) is 0 Å². The summed E-state index contributed by atoms with van der Waals surface area (Å²) in [4.78, 5) is 0. The van der Waals surface area contributed by atoms with Gasteiger partial charge in [0.05, 0.1) is 25.0 Å². The molecule has 0 aromatic heterocycles. The van der Waals surface area contributed by atoms with Crippen LogP contribution in [0, 0.1) is 0 Å². The molecule has 7 heteroatoms. The van der Waals surface area contributed by atoms with E-state index in [1.807, 2.05) is 0 Å². The average molecular weight is 274 g/mol. The Morgan fingerprint density at radius 3 is 2.67 bits per heavy atom. The van der Waals surface area contributed by atoms with Crippen LogP contribution in [0.3, 0.4) is 0 Å². The molecule has 0 fully saturated rings. The van der Waals surface area contributed by atoms with E-state index in [2.05, 4.69) is 4.72 Å². The topological polar surface area (TPSA) is 102 Å². The number of aliphatic hydroxyl groups is 1. The van der Waals surface area contributed by atoms with Crippen molar-refractivity contribution in [2.45, 2.75) is 11.8 Å². The maximum atomic E-state index is 11.9. The van der Waals surface area contributed by atoms with Gasteiger partial charge in [-0.1, -0.05) is 18.2 Å². The van der Waals surface area contributed by atoms with Crippen molar-refractivity contribution in [3.63, 3.8) is 0 Å². The summed E-state index contributed by atoms with van der Waals surface area (Å²) in [6.07, 6.45) is 0. The molecule has 102 valence electrons. The summed E-state index contributed by atoms with van der Waals surface area (Å²) in [5.41, 5.74) is 6.64. The average Bonchev–Trinajstić information content (AvgIpc) is 2.31. The summed E-state index contributed by atoms with van der Waals surface area (Å²) >= 11 is 0. The van der Waals surface area contributed by atoms with Crippen LogP contribution >= 0.6 is 0 Å². The summed E-state index contributed by atoms with van der Waals surface area (Å²) in [6.45, 7) is -0.211. The third-order valence-corrected chi connectivity index (χ3v) is 3.72. The standard InChI is InChI=1S/C11H18N2O4S/c1-17-7-10(6-14)13-18(15,16)8-9-4-2-3-5-11(9)12/h2-5,10,13-14H,6-8,12H2,1H3. The lowest BCUT2D eigenvalue weighted by molar-refractivity contribution is 0.139. The first-order valence-corrected chi connectivity index (χ1v) is 7.07. The molecule has 0 aliphatic carbocycles. The van der Waals surface area contributed by atoms with Gasteiger partial charge in [-0.2, -0.15) is 0 Å². The Bertz CT molecular complexity index is 476. The summed E-state index contributed by atoms with van der Waals surface area (Å²) in [5, 5.41) is 9.01. The summed E-state index contributed by atoms with van der Waals surface area (Å²) in [6, 6.07) is 6.10. The van der Waals surface area contributed by atoms with Crippen molar-refractivity contribution in [1.82, 2.24) is 4.72 Å². The van der Waals surface area contributed by atoms with Gasteiger partial charge in [-0.25, -0.2) is 13.1 Å².